The van der Waals surface area contributed by atoms with Gasteiger partial charge in [-0.25, -0.2) is 8.93 Å². The molecular weight excluding hydrogens is 349 g/mol. The van der Waals surface area contributed by atoms with E-state index in [1.54, 1.807) is 12.3 Å². The molecule has 2 atom stereocenters. The lowest BCUT2D eigenvalue weighted by Gasteiger charge is -2.25. The summed E-state index contributed by atoms with van der Waals surface area (Å²) in [5, 5.41) is 0. The summed E-state index contributed by atoms with van der Waals surface area (Å²) in [6.07, 6.45) is -2.78. The number of benzene rings is 1. The fraction of sp³-hybridized carbons (Fsp3) is 0.389. The maximum absolute atomic E-state index is 12.8. The van der Waals surface area contributed by atoms with Gasteiger partial charge in [0.1, 0.15) is 0 Å². The van der Waals surface area contributed by atoms with Crippen LogP contribution < -0.4 is 4.72 Å². The van der Waals surface area contributed by atoms with Gasteiger partial charge in [-0.1, -0.05) is 18.2 Å². The Labute approximate surface area is 148 Å². The van der Waals surface area contributed by atoms with E-state index in [0.717, 1.165) is 17.7 Å². The van der Waals surface area contributed by atoms with Gasteiger partial charge in [0, 0.05) is 6.20 Å². The highest BCUT2D eigenvalue weighted by Crippen LogP contribution is 2.31. The molecule has 3 nitrogen and oxygen atoms in total. The van der Waals surface area contributed by atoms with Gasteiger partial charge in [-0.05, 0) is 57.0 Å². The summed E-state index contributed by atoms with van der Waals surface area (Å²) in [4.78, 5) is 4.34. The van der Waals surface area contributed by atoms with Crippen LogP contribution in [-0.2, 0) is 17.2 Å². The zero-order chi connectivity index (χ0) is 18.8. The quantitative estimate of drug-likeness (QED) is 0.858. The Morgan fingerprint density at radius 1 is 1.08 bits per heavy atom. The summed E-state index contributed by atoms with van der Waals surface area (Å²) < 4.78 is 53.4. The molecule has 0 saturated carbocycles. The van der Waals surface area contributed by atoms with Crippen LogP contribution in [0, 0.1) is 6.92 Å². The molecular formula is C18H21F3N2OS. The zero-order valence-corrected chi connectivity index (χ0v) is 15.3. The molecule has 0 amide bonds. The van der Waals surface area contributed by atoms with Crippen LogP contribution in [0.4, 0.5) is 13.2 Å². The third-order valence-electron chi connectivity index (χ3n) is 3.68. The van der Waals surface area contributed by atoms with Crippen LogP contribution >= 0.6 is 0 Å². The molecule has 0 saturated heterocycles. The fourth-order valence-electron chi connectivity index (χ4n) is 2.23. The van der Waals surface area contributed by atoms with Crippen LogP contribution in [0.3, 0.4) is 0 Å². The molecule has 25 heavy (non-hydrogen) atoms. The van der Waals surface area contributed by atoms with E-state index in [1.165, 1.54) is 12.1 Å². The highest BCUT2D eigenvalue weighted by molar-refractivity contribution is 7.84. The van der Waals surface area contributed by atoms with Crippen molar-refractivity contribution in [1.29, 1.82) is 0 Å². The largest absolute Gasteiger partial charge is 0.416 e. The van der Waals surface area contributed by atoms with E-state index in [-0.39, 0.29) is 0 Å². The molecule has 1 aromatic carbocycles. The second-order valence-electron chi connectivity index (χ2n) is 6.76. The van der Waals surface area contributed by atoms with Gasteiger partial charge in [-0.2, -0.15) is 13.2 Å². The number of rotatable bonds is 4. The van der Waals surface area contributed by atoms with Crippen molar-refractivity contribution in [3.63, 3.8) is 0 Å². The summed E-state index contributed by atoms with van der Waals surface area (Å²) in [6, 6.07) is 7.93. The van der Waals surface area contributed by atoms with Gasteiger partial charge < -0.3 is 0 Å². The average molecular weight is 370 g/mol. The Morgan fingerprint density at radius 2 is 1.68 bits per heavy atom. The average Bonchev–Trinajstić information content (AvgIpc) is 2.51. The Morgan fingerprint density at radius 3 is 2.16 bits per heavy atom. The number of hydrogen-bond acceptors (Lipinski definition) is 2. The van der Waals surface area contributed by atoms with E-state index in [9.17, 15) is 17.4 Å². The van der Waals surface area contributed by atoms with Crippen molar-refractivity contribution in [3.8, 4) is 0 Å². The van der Waals surface area contributed by atoms with E-state index >= 15 is 0 Å². The smallest absolute Gasteiger partial charge is 0.259 e. The Hall–Kier alpha value is -1.73. The first-order valence-electron chi connectivity index (χ1n) is 7.77. The highest BCUT2D eigenvalue weighted by atomic mass is 32.2. The van der Waals surface area contributed by atoms with Gasteiger partial charge in [-0.15, -0.1) is 0 Å². The highest BCUT2D eigenvalue weighted by Gasteiger charge is 2.31. The molecule has 1 aromatic heterocycles. The number of nitrogens with one attached hydrogen (secondary N) is 1. The van der Waals surface area contributed by atoms with Crippen LogP contribution in [0.2, 0.25) is 0 Å². The summed E-state index contributed by atoms with van der Waals surface area (Å²) in [7, 11) is -1.41. The van der Waals surface area contributed by atoms with E-state index in [1.807, 2.05) is 33.8 Å². The summed E-state index contributed by atoms with van der Waals surface area (Å²) in [6.45, 7) is 7.34. The van der Waals surface area contributed by atoms with Gasteiger partial charge in [0.15, 0.2) is 0 Å². The number of halogens is 3. The molecule has 0 radical (unpaired) electrons. The van der Waals surface area contributed by atoms with Gasteiger partial charge in [0.2, 0.25) is 0 Å². The lowest BCUT2D eigenvalue weighted by atomic mass is 9.99. The van der Waals surface area contributed by atoms with E-state index < -0.39 is 33.5 Å². The number of alkyl halides is 3. The third-order valence-corrected chi connectivity index (χ3v) is 5.24. The van der Waals surface area contributed by atoms with Crippen LogP contribution in [0.1, 0.15) is 49.2 Å². The first kappa shape index (κ1) is 19.6. The van der Waals surface area contributed by atoms with Gasteiger partial charge in [0.05, 0.1) is 33.0 Å². The number of nitrogens with zero attached hydrogens (tertiary/aromatic N) is 1. The zero-order valence-electron chi connectivity index (χ0n) is 14.5. The molecule has 0 bridgehead atoms. The van der Waals surface area contributed by atoms with Crippen LogP contribution in [-0.4, -0.2) is 13.9 Å². The maximum atomic E-state index is 12.8. The topological polar surface area (TPSA) is 42.0 Å². The number of aryl methyl sites for hydroxylation is 1. The Kier molecular flexibility index (Phi) is 5.68. The minimum atomic E-state index is -4.39. The van der Waals surface area contributed by atoms with Crippen LogP contribution in [0.25, 0.3) is 0 Å². The van der Waals surface area contributed by atoms with Gasteiger partial charge in [-0.3, -0.25) is 4.98 Å². The van der Waals surface area contributed by atoms with E-state index in [0.29, 0.717) is 11.3 Å². The van der Waals surface area contributed by atoms with Crippen LogP contribution in [0.5, 0.6) is 0 Å². The molecule has 1 heterocycles. The van der Waals surface area contributed by atoms with Crippen molar-refractivity contribution in [2.45, 2.75) is 44.7 Å². The summed E-state index contributed by atoms with van der Waals surface area (Å²) in [5.41, 5.74) is 1.36. The standard InChI is InChI=1S/C18H21F3N2OS/c1-12-6-5-11-22-15(12)16(23-25(24)17(2,3)4)13-7-9-14(10-8-13)18(19,20)21/h5-11,16,23H,1-4H3/t16-,25?/m0/s1. The summed E-state index contributed by atoms with van der Waals surface area (Å²) >= 11 is 0. The van der Waals surface area contributed by atoms with Gasteiger partial charge >= 0.3 is 6.18 Å². The Balaban J connectivity index is 2.45. The van der Waals surface area contributed by atoms with Crippen molar-refractivity contribution >= 4 is 11.0 Å². The van der Waals surface area contributed by atoms with Crippen molar-refractivity contribution in [2.75, 3.05) is 0 Å². The second-order valence-corrected chi connectivity index (χ2v) is 8.76. The van der Waals surface area contributed by atoms with Crippen molar-refractivity contribution in [2.24, 2.45) is 0 Å². The predicted octanol–water partition coefficient (Wildman–Crippen LogP) is 4.55. The first-order chi connectivity index (χ1) is 11.5. The molecule has 0 aliphatic rings. The second kappa shape index (κ2) is 7.25. The number of aromatic nitrogens is 1. The van der Waals surface area contributed by atoms with Crippen molar-refractivity contribution in [1.82, 2.24) is 9.71 Å². The molecule has 0 aliphatic carbocycles. The molecule has 0 spiro atoms. The molecule has 136 valence electrons. The maximum Gasteiger partial charge on any atom is 0.416 e. The fourth-order valence-corrected chi connectivity index (χ4v) is 3.05. The first-order valence-corrected chi connectivity index (χ1v) is 8.92. The molecule has 2 rings (SSSR count). The lowest BCUT2D eigenvalue weighted by molar-refractivity contribution is -0.137. The molecule has 2 aromatic rings. The third kappa shape index (κ3) is 4.89. The monoisotopic (exact) mass is 370 g/mol. The number of hydrogen-bond donors (Lipinski definition) is 1. The molecule has 0 fully saturated rings. The Bertz CT molecular complexity index is 752. The van der Waals surface area contributed by atoms with Crippen molar-refractivity contribution in [3.05, 3.63) is 65.0 Å². The number of pyridine rings is 1. The predicted molar refractivity (Wildman–Crippen MR) is 93.3 cm³/mol. The molecule has 0 aliphatic heterocycles. The minimum absolute atomic E-state index is 0.521. The van der Waals surface area contributed by atoms with Crippen molar-refractivity contribution < 1.29 is 17.4 Å². The van der Waals surface area contributed by atoms with Gasteiger partial charge in [0.25, 0.3) is 0 Å². The SMILES string of the molecule is Cc1cccnc1[C@@H](NS(=O)C(C)(C)C)c1ccc(C(F)(F)F)cc1. The van der Waals surface area contributed by atoms with E-state index in [4.69, 9.17) is 0 Å². The normalized spacial score (nSPS) is 15.0. The molecule has 7 heteroatoms. The summed E-state index contributed by atoms with van der Waals surface area (Å²) in [5.74, 6) is 0. The lowest BCUT2D eigenvalue weighted by Crippen LogP contribution is -2.36. The molecule has 1 unspecified atom stereocenters. The minimum Gasteiger partial charge on any atom is -0.259 e. The van der Waals surface area contributed by atoms with Crippen LogP contribution in [0.15, 0.2) is 42.6 Å². The van der Waals surface area contributed by atoms with E-state index in [2.05, 4.69) is 9.71 Å². The molecule has 1 N–H and O–H groups in total.